The van der Waals surface area contributed by atoms with E-state index < -0.39 is 17.4 Å². The maximum atomic E-state index is 12.4. The fraction of sp³-hybridized carbons (Fsp3) is 0.0909. The maximum absolute atomic E-state index is 12.4. The summed E-state index contributed by atoms with van der Waals surface area (Å²) >= 11 is 5.78. The molecule has 0 aliphatic rings. The molecule has 0 saturated carbocycles. The van der Waals surface area contributed by atoms with Crippen molar-refractivity contribution in [3.05, 3.63) is 51.7 Å². The number of aromatic amines is 1. The molecule has 0 spiro atoms. The molecule has 0 bridgehead atoms. The van der Waals surface area contributed by atoms with E-state index in [0.29, 0.717) is 11.1 Å². The van der Waals surface area contributed by atoms with E-state index in [1.165, 1.54) is 18.3 Å². The highest BCUT2D eigenvalue weighted by atomic mass is 35.5. The van der Waals surface area contributed by atoms with Crippen molar-refractivity contribution < 1.29 is 13.2 Å². The predicted molar refractivity (Wildman–Crippen MR) is 60.3 cm³/mol. The summed E-state index contributed by atoms with van der Waals surface area (Å²) in [7, 11) is 0. The first-order valence-electron chi connectivity index (χ1n) is 4.80. The Morgan fingerprint density at radius 2 is 1.78 bits per heavy atom. The van der Waals surface area contributed by atoms with Crippen LogP contribution in [0.5, 0.6) is 0 Å². The zero-order valence-electron chi connectivity index (χ0n) is 8.75. The van der Waals surface area contributed by atoms with Crippen LogP contribution in [0.15, 0.2) is 35.3 Å². The van der Waals surface area contributed by atoms with Crippen LogP contribution in [-0.4, -0.2) is 9.97 Å². The molecule has 0 atom stereocenters. The molecule has 1 aromatic carbocycles. The number of hydrogen-bond donors (Lipinski definition) is 1. The third-order valence-electron chi connectivity index (χ3n) is 2.29. The van der Waals surface area contributed by atoms with Crippen LogP contribution in [0.2, 0.25) is 5.15 Å². The molecule has 2 aromatic rings. The van der Waals surface area contributed by atoms with E-state index in [4.69, 9.17) is 11.6 Å². The van der Waals surface area contributed by atoms with Gasteiger partial charge in [-0.1, -0.05) is 23.7 Å². The van der Waals surface area contributed by atoms with Crippen LogP contribution in [0.25, 0.3) is 11.1 Å². The van der Waals surface area contributed by atoms with Gasteiger partial charge in [-0.2, -0.15) is 13.2 Å². The Kier molecular flexibility index (Phi) is 3.13. The van der Waals surface area contributed by atoms with E-state index in [0.717, 1.165) is 12.1 Å². The summed E-state index contributed by atoms with van der Waals surface area (Å²) in [6.07, 6.45) is -3.17. The van der Waals surface area contributed by atoms with E-state index in [1.807, 2.05) is 0 Å². The number of aromatic nitrogens is 2. The van der Waals surface area contributed by atoms with Gasteiger partial charge in [0, 0.05) is 11.8 Å². The first-order chi connectivity index (χ1) is 8.38. The topological polar surface area (TPSA) is 45.8 Å². The summed E-state index contributed by atoms with van der Waals surface area (Å²) in [6, 6.07) is 4.42. The lowest BCUT2D eigenvalue weighted by atomic mass is 10.1. The summed E-state index contributed by atoms with van der Waals surface area (Å²) < 4.78 is 37.1. The van der Waals surface area contributed by atoms with E-state index in [-0.39, 0.29) is 5.15 Å². The quantitative estimate of drug-likeness (QED) is 0.812. The van der Waals surface area contributed by atoms with Gasteiger partial charge >= 0.3 is 11.9 Å². The molecule has 2 rings (SSSR count). The molecule has 1 aromatic heterocycles. The van der Waals surface area contributed by atoms with E-state index in [1.54, 1.807) is 0 Å². The van der Waals surface area contributed by atoms with E-state index in [2.05, 4.69) is 9.97 Å². The monoisotopic (exact) mass is 274 g/mol. The first-order valence-corrected chi connectivity index (χ1v) is 5.18. The van der Waals surface area contributed by atoms with Crippen LogP contribution in [0, 0.1) is 0 Å². The minimum absolute atomic E-state index is 0.0368. The number of nitrogens with zero attached hydrogens (tertiary/aromatic N) is 1. The number of halogens is 4. The van der Waals surface area contributed by atoms with Crippen molar-refractivity contribution in [3.63, 3.8) is 0 Å². The summed E-state index contributed by atoms with van der Waals surface area (Å²) in [4.78, 5) is 16.6. The number of rotatable bonds is 1. The molecular weight excluding hydrogens is 269 g/mol. The number of alkyl halides is 3. The lowest BCUT2D eigenvalue weighted by Crippen LogP contribution is -2.09. The second-order valence-corrected chi connectivity index (χ2v) is 3.87. The Hall–Kier alpha value is -1.82. The van der Waals surface area contributed by atoms with Crippen molar-refractivity contribution in [1.82, 2.24) is 9.97 Å². The highest BCUT2D eigenvalue weighted by Gasteiger charge is 2.30. The van der Waals surface area contributed by atoms with E-state index >= 15 is 0 Å². The fourth-order valence-corrected chi connectivity index (χ4v) is 1.65. The Labute approximate surface area is 104 Å². The SMILES string of the molecule is O=c1ncc(-c2ccc(C(F)(F)F)cc2)c(Cl)[nH]1. The number of H-pyrrole nitrogens is 1. The van der Waals surface area contributed by atoms with Crippen LogP contribution < -0.4 is 5.69 Å². The number of hydrogen-bond acceptors (Lipinski definition) is 2. The van der Waals surface area contributed by atoms with Gasteiger partial charge in [-0.15, -0.1) is 0 Å². The molecule has 1 N–H and O–H groups in total. The van der Waals surface area contributed by atoms with Crippen molar-refractivity contribution in [2.45, 2.75) is 6.18 Å². The Morgan fingerprint density at radius 3 is 2.28 bits per heavy atom. The van der Waals surface area contributed by atoms with Crippen LogP contribution in [0.4, 0.5) is 13.2 Å². The zero-order valence-corrected chi connectivity index (χ0v) is 9.51. The highest BCUT2D eigenvalue weighted by Crippen LogP contribution is 2.31. The lowest BCUT2D eigenvalue weighted by molar-refractivity contribution is -0.137. The molecule has 94 valence electrons. The molecule has 7 heteroatoms. The van der Waals surface area contributed by atoms with Gasteiger partial charge in [0.15, 0.2) is 0 Å². The van der Waals surface area contributed by atoms with Crippen LogP contribution >= 0.6 is 11.6 Å². The minimum Gasteiger partial charge on any atom is -0.296 e. The predicted octanol–water partition coefficient (Wildman–Crippen LogP) is 3.11. The molecule has 0 radical (unpaired) electrons. The van der Waals surface area contributed by atoms with Crippen molar-refractivity contribution in [2.75, 3.05) is 0 Å². The normalized spacial score (nSPS) is 11.6. The van der Waals surface area contributed by atoms with Gasteiger partial charge < -0.3 is 0 Å². The summed E-state index contributed by atoms with van der Waals surface area (Å²) in [5, 5.41) is 0.0368. The fourth-order valence-electron chi connectivity index (χ4n) is 1.41. The molecule has 0 amide bonds. The summed E-state index contributed by atoms with van der Waals surface area (Å²) in [5.74, 6) is 0. The van der Waals surface area contributed by atoms with Crippen molar-refractivity contribution in [2.24, 2.45) is 0 Å². The van der Waals surface area contributed by atoms with E-state index in [9.17, 15) is 18.0 Å². The summed E-state index contributed by atoms with van der Waals surface area (Å²) in [6.45, 7) is 0. The highest BCUT2D eigenvalue weighted by molar-refractivity contribution is 6.32. The second-order valence-electron chi connectivity index (χ2n) is 3.49. The van der Waals surface area contributed by atoms with Gasteiger partial charge in [0.05, 0.1) is 5.56 Å². The molecule has 0 aliphatic carbocycles. The van der Waals surface area contributed by atoms with Crippen LogP contribution in [-0.2, 0) is 6.18 Å². The van der Waals surface area contributed by atoms with Gasteiger partial charge in [-0.05, 0) is 17.7 Å². The van der Waals surface area contributed by atoms with Crippen LogP contribution in [0.3, 0.4) is 0 Å². The third-order valence-corrected chi connectivity index (χ3v) is 2.59. The standard InChI is InChI=1S/C11H6ClF3N2O/c12-9-8(5-16-10(18)17-9)6-1-3-7(4-2-6)11(13,14)15/h1-5H,(H,16,17,18). The Bertz CT molecular complexity index is 619. The van der Waals surface area contributed by atoms with Gasteiger partial charge in [-0.3, -0.25) is 4.98 Å². The number of nitrogens with one attached hydrogen (secondary N) is 1. The van der Waals surface area contributed by atoms with Gasteiger partial charge in [-0.25, -0.2) is 9.78 Å². The Balaban J connectivity index is 2.44. The molecule has 18 heavy (non-hydrogen) atoms. The minimum atomic E-state index is -4.38. The maximum Gasteiger partial charge on any atom is 0.416 e. The van der Waals surface area contributed by atoms with Gasteiger partial charge in [0.25, 0.3) is 0 Å². The van der Waals surface area contributed by atoms with Crippen molar-refractivity contribution in [1.29, 1.82) is 0 Å². The molecule has 0 fully saturated rings. The second kappa shape index (κ2) is 4.45. The first kappa shape index (κ1) is 12.6. The molecule has 3 nitrogen and oxygen atoms in total. The Morgan fingerprint density at radius 1 is 1.17 bits per heavy atom. The lowest BCUT2D eigenvalue weighted by Gasteiger charge is -2.08. The molecule has 0 saturated heterocycles. The van der Waals surface area contributed by atoms with Crippen molar-refractivity contribution >= 4 is 11.6 Å². The molecular formula is C11H6ClF3N2O. The largest absolute Gasteiger partial charge is 0.416 e. The van der Waals surface area contributed by atoms with Crippen LogP contribution in [0.1, 0.15) is 5.56 Å². The molecule has 0 unspecified atom stereocenters. The smallest absolute Gasteiger partial charge is 0.296 e. The van der Waals surface area contributed by atoms with Gasteiger partial charge in [0.2, 0.25) is 0 Å². The molecule has 0 aliphatic heterocycles. The summed E-state index contributed by atoms with van der Waals surface area (Å²) in [5.41, 5.74) is -0.558. The molecule has 1 heterocycles. The zero-order chi connectivity index (χ0) is 13.3. The average molecular weight is 275 g/mol. The average Bonchev–Trinajstić information content (AvgIpc) is 2.28. The third kappa shape index (κ3) is 2.53. The van der Waals surface area contributed by atoms with Gasteiger partial charge in [0.1, 0.15) is 5.15 Å². The van der Waals surface area contributed by atoms with Crippen molar-refractivity contribution in [3.8, 4) is 11.1 Å². The number of benzene rings is 1.